The highest BCUT2D eigenvalue weighted by atomic mass is 79.9. The van der Waals surface area contributed by atoms with Crippen molar-refractivity contribution in [2.45, 2.75) is 0 Å². The van der Waals surface area contributed by atoms with E-state index in [0.29, 0.717) is 5.82 Å². The van der Waals surface area contributed by atoms with Crippen LogP contribution in [0.2, 0.25) is 0 Å². The van der Waals surface area contributed by atoms with Crippen LogP contribution in [0.5, 0.6) is 0 Å². The van der Waals surface area contributed by atoms with Gasteiger partial charge < -0.3 is 5.32 Å². The van der Waals surface area contributed by atoms with Gasteiger partial charge in [0.25, 0.3) is 0 Å². The Kier molecular flexibility index (Phi) is 4.12. The van der Waals surface area contributed by atoms with E-state index in [1.165, 1.54) is 0 Å². The van der Waals surface area contributed by atoms with Crippen molar-refractivity contribution < 1.29 is 0 Å². The first-order valence-corrected chi connectivity index (χ1v) is 8.88. The second-order valence-corrected chi connectivity index (χ2v) is 8.71. The summed E-state index contributed by atoms with van der Waals surface area (Å²) in [7, 11) is 1.87. The number of halogens is 3. The molecule has 0 radical (unpaired) electrons. The predicted octanol–water partition coefficient (Wildman–Crippen LogP) is 5.69. The second kappa shape index (κ2) is 5.71. The smallest absolute Gasteiger partial charge is 0.164 e. The van der Waals surface area contributed by atoms with Crippen molar-refractivity contribution in [1.29, 1.82) is 0 Å². The molecule has 3 aromatic rings. The Balaban J connectivity index is 2.28. The summed E-state index contributed by atoms with van der Waals surface area (Å²) in [5, 5.41) is 4.13. The number of rotatable bonds is 2. The zero-order valence-electron chi connectivity index (χ0n) is 10.2. The summed E-state index contributed by atoms with van der Waals surface area (Å²) in [5.41, 5.74) is 1.90. The van der Waals surface area contributed by atoms with Gasteiger partial charge in [0.1, 0.15) is 5.82 Å². The number of thiophene rings is 1. The Morgan fingerprint density at radius 3 is 2.55 bits per heavy atom. The van der Waals surface area contributed by atoms with Crippen LogP contribution in [0.3, 0.4) is 0 Å². The number of anilines is 1. The lowest BCUT2D eigenvalue weighted by Gasteiger charge is -2.08. The summed E-state index contributed by atoms with van der Waals surface area (Å²) in [4.78, 5) is 9.27. The molecular formula is C13H8Br3N3S. The average Bonchev–Trinajstić information content (AvgIpc) is 2.76. The lowest BCUT2D eigenvalue weighted by molar-refractivity contribution is 1.21. The molecule has 0 unspecified atom stereocenters. The number of benzene rings is 1. The number of fused-ring (bicyclic) bond motifs is 1. The summed E-state index contributed by atoms with van der Waals surface area (Å²) in [6.07, 6.45) is 0. The Bertz CT molecular complexity index is 801. The lowest BCUT2D eigenvalue weighted by atomic mass is 10.2. The number of nitrogens with zero attached hydrogens (tertiary/aromatic N) is 2. The van der Waals surface area contributed by atoms with Gasteiger partial charge in [-0.1, -0.05) is 15.9 Å². The highest BCUT2D eigenvalue weighted by molar-refractivity contribution is 9.12. The van der Waals surface area contributed by atoms with Crippen molar-refractivity contribution in [2.24, 2.45) is 0 Å². The molecule has 0 saturated carbocycles. The van der Waals surface area contributed by atoms with Crippen molar-refractivity contribution in [2.75, 3.05) is 12.4 Å². The van der Waals surface area contributed by atoms with Gasteiger partial charge in [-0.05, 0) is 56.1 Å². The molecule has 20 heavy (non-hydrogen) atoms. The summed E-state index contributed by atoms with van der Waals surface area (Å²) < 4.78 is 3.07. The van der Waals surface area contributed by atoms with E-state index in [9.17, 15) is 0 Å². The van der Waals surface area contributed by atoms with Gasteiger partial charge in [0.2, 0.25) is 0 Å². The zero-order valence-corrected chi connectivity index (χ0v) is 15.8. The third-order valence-electron chi connectivity index (χ3n) is 2.79. The molecule has 0 spiro atoms. The molecule has 3 nitrogen and oxygen atoms in total. The quantitative estimate of drug-likeness (QED) is 0.515. The van der Waals surface area contributed by atoms with Gasteiger partial charge in [-0.15, -0.1) is 11.3 Å². The number of aromatic nitrogens is 2. The Hall–Kier alpha value is -0.500. The summed E-state index contributed by atoms with van der Waals surface area (Å²) in [5.74, 6) is 1.53. The minimum atomic E-state index is 0.706. The molecule has 2 heterocycles. The largest absolute Gasteiger partial charge is 0.373 e. The molecule has 0 amide bonds. The first-order valence-electron chi connectivity index (χ1n) is 5.69. The molecule has 0 atom stereocenters. The maximum atomic E-state index is 4.65. The van der Waals surface area contributed by atoms with Gasteiger partial charge in [0.05, 0.1) is 13.1 Å². The van der Waals surface area contributed by atoms with Crippen LogP contribution in [0, 0.1) is 0 Å². The average molecular weight is 478 g/mol. The van der Waals surface area contributed by atoms with Crippen LogP contribution >= 0.6 is 59.1 Å². The van der Waals surface area contributed by atoms with Crippen molar-refractivity contribution in [3.05, 3.63) is 36.3 Å². The fourth-order valence-electron chi connectivity index (χ4n) is 1.90. The molecule has 0 aliphatic rings. The highest BCUT2D eigenvalue weighted by Gasteiger charge is 2.14. The lowest BCUT2D eigenvalue weighted by Crippen LogP contribution is -1.98. The van der Waals surface area contributed by atoms with E-state index >= 15 is 0 Å². The van der Waals surface area contributed by atoms with E-state index in [2.05, 4.69) is 63.1 Å². The van der Waals surface area contributed by atoms with E-state index in [0.717, 1.165) is 34.3 Å². The van der Waals surface area contributed by atoms with Crippen molar-refractivity contribution in [1.82, 2.24) is 9.97 Å². The standard InChI is InChI=1S/C13H8Br3N3S/c1-17-12-7-4-6(14)2-3-9(7)18-13(19-12)8-5-10(15)20-11(8)16/h2-5H,1H3,(H,17,18,19). The minimum Gasteiger partial charge on any atom is -0.373 e. The van der Waals surface area contributed by atoms with Crippen LogP contribution in [0.1, 0.15) is 0 Å². The number of hydrogen-bond acceptors (Lipinski definition) is 4. The van der Waals surface area contributed by atoms with E-state index in [1.54, 1.807) is 11.3 Å². The Morgan fingerprint density at radius 1 is 1.10 bits per heavy atom. The third-order valence-corrected chi connectivity index (χ3v) is 5.62. The van der Waals surface area contributed by atoms with Gasteiger partial charge in [-0.25, -0.2) is 9.97 Å². The van der Waals surface area contributed by atoms with Crippen molar-refractivity contribution in [3.63, 3.8) is 0 Å². The van der Waals surface area contributed by atoms with Gasteiger partial charge in [0, 0.05) is 22.5 Å². The second-order valence-electron chi connectivity index (χ2n) is 4.05. The van der Waals surface area contributed by atoms with E-state index in [4.69, 9.17) is 0 Å². The molecule has 1 N–H and O–H groups in total. The van der Waals surface area contributed by atoms with Crippen molar-refractivity contribution in [3.8, 4) is 11.4 Å². The molecule has 7 heteroatoms. The van der Waals surface area contributed by atoms with Crippen LogP contribution < -0.4 is 5.32 Å². The number of nitrogens with one attached hydrogen (secondary N) is 1. The number of hydrogen-bond donors (Lipinski definition) is 1. The molecular weight excluding hydrogens is 470 g/mol. The van der Waals surface area contributed by atoms with Crippen LogP contribution in [-0.4, -0.2) is 17.0 Å². The highest BCUT2D eigenvalue weighted by Crippen LogP contribution is 2.38. The molecule has 102 valence electrons. The van der Waals surface area contributed by atoms with E-state index < -0.39 is 0 Å². The molecule has 0 aliphatic carbocycles. The maximum absolute atomic E-state index is 4.65. The molecule has 3 rings (SSSR count). The molecule has 0 fully saturated rings. The van der Waals surface area contributed by atoms with Gasteiger partial charge in [-0.3, -0.25) is 0 Å². The van der Waals surface area contributed by atoms with Gasteiger partial charge in [0.15, 0.2) is 5.82 Å². The fourth-order valence-corrected chi connectivity index (χ4v) is 5.05. The Morgan fingerprint density at radius 2 is 1.90 bits per heavy atom. The molecule has 0 aliphatic heterocycles. The fraction of sp³-hybridized carbons (Fsp3) is 0.0769. The van der Waals surface area contributed by atoms with E-state index in [1.807, 2.05) is 31.3 Å². The molecule has 0 saturated heterocycles. The van der Waals surface area contributed by atoms with Crippen molar-refractivity contribution >= 4 is 75.8 Å². The zero-order chi connectivity index (χ0) is 14.3. The van der Waals surface area contributed by atoms with Crippen LogP contribution in [0.4, 0.5) is 5.82 Å². The first kappa shape index (κ1) is 14.4. The van der Waals surface area contributed by atoms with Crippen LogP contribution in [0.15, 0.2) is 36.3 Å². The van der Waals surface area contributed by atoms with Crippen LogP contribution in [0.25, 0.3) is 22.3 Å². The SMILES string of the molecule is CNc1nc(-c2cc(Br)sc2Br)nc2ccc(Br)cc12. The van der Waals surface area contributed by atoms with Crippen LogP contribution in [-0.2, 0) is 0 Å². The summed E-state index contributed by atoms with van der Waals surface area (Å²) in [6.45, 7) is 0. The van der Waals surface area contributed by atoms with Gasteiger partial charge >= 0.3 is 0 Å². The topological polar surface area (TPSA) is 37.8 Å². The van der Waals surface area contributed by atoms with Gasteiger partial charge in [-0.2, -0.15) is 0 Å². The summed E-state index contributed by atoms with van der Waals surface area (Å²) >= 11 is 12.1. The minimum absolute atomic E-state index is 0.706. The Labute approximate surface area is 145 Å². The third kappa shape index (κ3) is 2.64. The molecule has 1 aromatic carbocycles. The molecule has 2 aromatic heterocycles. The summed E-state index contributed by atoms with van der Waals surface area (Å²) in [6, 6.07) is 8.01. The van der Waals surface area contributed by atoms with E-state index in [-0.39, 0.29) is 0 Å². The normalized spacial score (nSPS) is 11.0. The molecule has 0 bridgehead atoms. The maximum Gasteiger partial charge on any atom is 0.164 e. The monoisotopic (exact) mass is 475 g/mol. The first-order chi connectivity index (χ1) is 9.58. The predicted molar refractivity (Wildman–Crippen MR) is 95.5 cm³/mol.